The first-order valence-corrected chi connectivity index (χ1v) is 5.28. The molecule has 1 unspecified atom stereocenters. The fourth-order valence-corrected chi connectivity index (χ4v) is 2.44. The van der Waals surface area contributed by atoms with Gasteiger partial charge in [0.05, 0.1) is 5.57 Å². The average Bonchev–Trinajstić information content (AvgIpc) is 2.53. The number of fused-ring (bicyclic) bond motifs is 1. The third-order valence-electron chi connectivity index (χ3n) is 3.06. The van der Waals surface area contributed by atoms with Gasteiger partial charge >= 0.3 is 5.97 Å². The van der Waals surface area contributed by atoms with Crippen molar-refractivity contribution >= 4 is 11.5 Å². The van der Waals surface area contributed by atoms with E-state index in [2.05, 4.69) is 0 Å². The van der Waals surface area contributed by atoms with Crippen LogP contribution in [0.3, 0.4) is 0 Å². The number of aliphatic carboxylic acids is 1. The second-order valence-electron chi connectivity index (χ2n) is 4.27. The molecule has 0 amide bonds. The number of carboxylic acids is 1. The zero-order valence-corrected chi connectivity index (χ0v) is 9.69. The van der Waals surface area contributed by atoms with Crippen molar-refractivity contribution in [2.45, 2.75) is 12.8 Å². The van der Waals surface area contributed by atoms with Crippen molar-refractivity contribution < 1.29 is 9.90 Å². The quantitative estimate of drug-likeness (QED) is 0.825. The summed E-state index contributed by atoms with van der Waals surface area (Å²) >= 11 is 0. The van der Waals surface area contributed by atoms with E-state index in [1.807, 2.05) is 50.2 Å². The zero-order valence-electron chi connectivity index (χ0n) is 9.69. The smallest absolute Gasteiger partial charge is 0.338 e. The Morgan fingerprint density at radius 1 is 1.31 bits per heavy atom. The van der Waals surface area contributed by atoms with Crippen molar-refractivity contribution in [3.8, 4) is 0 Å². The highest BCUT2D eigenvalue weighted by atomic mass is 16.4. The minimum Gasteiger partial charge on any atom is -0.478 e. The van der Waals surface area contributed by atoms with Crippen LogP contribution in [-0.2, 0) is 4.79 Å². The van der Waals surface area contributed by atoms with Gasteiger partial charge in [0.25, 0.3) is 0 Å². The van der Waals surface area contributed by atoms with Crippen molar-refractivity contribution in [1.82, 2.24) is 4.90 Å². The van der Waals surface area contributed by atoms with Gasteiger partial charge in [-0.25, -0.2) is 4.79 Å². The normalized spacial score (nSPS) is 18.6. The van der Waals surface area contributed by atoms with Gasteiger partial charge in [-0.15, -0.1) is 0 Å². The van der Waals surface area contributed by atoms with Gasteiger partial charge in [0.2, 0.25) is 0 Å². The van der Waals surface area contributed by atoms with E-state index in [0.29, 0.717) is 5.57 Å². The lowest BCUT2D eigenvalue weighted by atomic mass is 10.0. The van der Waals surface area contributed by atoms with Crippen LogP contribution in [-0.4, -0.2) is 30.1 Å². The molecule has 84 valence electrons. The van der Waals surface area contributed by atoms with E-state index in [0.717, 1.165) is 16.8 Å². The van der Waals surface area contributed by atoms with Gasteiger partial charge in [0.15, 0.2) is 0 Å². The van der Waals surface area contributed by atoms with Crippen LogP contribution in [0.1, 0.15) is 24.0 Å². The highest BCUT2D eigenvalue weighted by Gasteiger charge is 2.32. The minimum absolute atomic E-state index is 0.150. The molecule has 1 aromatic rings. The maximum Gasteiger partial charge on any atom is 0.338 e. The molecule has 3 heteroatoms. The summed E-state index contributed by atoms with van der Waals surface area (Å²) in [7, 11) is 3.78. The molecule has 0 saturated carbocycles. The van der Waals surface area contributed by atoms with Crippen LogP contribution in [0.15, 0.2) is 30.0 Å². The number of hydrogen-bond donors (Lipinski definition) is 1. The Labute approximate surface area is 95.0 Å². The lowest BCUT2D eigenvalue weighted by Gasteiger charge is -2.20. The van der Waals surface area contributed by atoms with Crippen LogP contribution >= 0.6 is 0 Å². The number of nitrogens with zero attached hydrogens (tertiary/aromatic N) is 1. The number of allylic oxidation sites excluding steroid dienone is 1. The van der Waals surface area contributed by atoms with Crippen molar-refractivity contribution in [3.63, 3.8) is 0 Å². The predicted octanol–water partition coefficient (Wildman–Crippen LogP) is 2.16. The number of likely N-dealkylation sites (N-methyl/N-ethyl adjacent to an activating group) is 1. The number of benzene rings is 1. The highest BCUT2D eigenvalue weighted by molar-refractivity contribution is 6.18. The second kappa shape index (κ2) is 3.67. The summed E-state index contributed by atoms with van der Waals surface area (Å²) in [5.74, 6) is -0.696. The fourth-order valence-electron chi connectivity index (χ4n) is 2.44. The molecule has 1 aliphatic carbocycles. The van der Waals surface area contributed by atoms with Crippen molar-refractivity contribution in [2.24, 2.45) is 0 Å². The monoisotopic (exact) mass is 217 g/mol. The van der Waals surface area contributed by atoms with Gasteiger partial charge in [-0.2, -0.15) is 0 Å². The Hall–Kier alpha value is -1.77. The summed E-state index contributed by atoms with van der Waals surface area (Å²) in [4.78, 5) is 13.2. The van der Waals surface area contributed by atoms with E-state index in [9.17, 15) is 9.90 Å². The molecule has 0 fully saturated rings. The number of rotatable bonds is 2. The van der Waals surface area contributed by atoms with E-state index in [-0.39, 0.29) is 5.92 Å². The topological polar surface area (TPSA) is 40.5 Å². The van der Waals surface area contributed by atoms with Gasteiger partial charge in [-0.3, -0.25) is 0 Å². The van der Waals surface area contributed by atoms with Crippen LogP contribution in [0.2, 0.25) is 0 Å². The van der Waals surface area contributed by atoms with Crippen LogP contribution in [0.25, 0.3) is 5.57 Å². The molecule has 0 aromatic heterocycles. The van der Waals surface area contributed by atoms with Crippen LogP contribution in [0.4, 0.5) is 0 Å². The molecule has 1 aliphatic rings. The molecule has 3 nitrogen and oxygen atoms in total. The van der Waals surface area contributed by atoms with Crippen LogP contribution in [0, 0.1) is 0 Å². The maximum atomic E-state index is 11.3. The first-order valence-electron chi connectivity index (χ1n) is 5.28. The van der Waals surface area contributed by atoms with E-state index < -0.39 is 5.97 Å². The highest BCUT2D eigenvalue weighted by Crippen LogP contribution is 2.42. The Morgan fingerprint density at radius 2 is 1.94 bits per heavy atom. The van der Waals surface area contributed by atoms with Gasteiger partial charge in [-0.1, -0.05) is 31.2 Å². The zero-order chi connectivity index (χ0) is 11.9. The van der Waals surface area contributed by atoms with Gasteiger partial charge in [0, 0.05) is 25.7 Å². The Kier molecular flexibility index (Phi) is 2.46. The van der Waals surface area contributed by atoms with E-state index in [4.69, 9.17) is 0 Å². The summed E-state index contributed by atoms with van der Waals surface area (Å²) in [5.41, 5.74) is 3.27. The summed E-state index contributed by atoms with van der Waals surface area (Å²) in [6.07, 6.45) is 0. The molecular formula is C13H15NO2. The predicted molar refractivity (Wildman–Crippen MR) is 63.1 cm³/mol. The third-order valence-corrected chi connectivity index (χ3v) is 3.06. The van der Waals surface area contributed by atoms with Crippen LogP contribution in [0.5, 0.6) is 0 Å². The average molecular weight is 217 g/mol. The van der Waals surface area contributed by atoms with E-state index >= 15 is 0 Å². The molecule has 1 aromatic carbocycles. The Bertz CT molecular complexity index is 475. The number of hydrogen-bond acceptors (Lipinski definition) is 2. The molecule has 16 heavy (non-hydrogen) atoms. The van der Waals surface area contributed by atoms with E-state index in [1.54, 1.807) is 0 Å². The Morgan fingerprint density at radius 3 is 2.50 bits per heavy atom. The lowest BCUT2D eigenvalue weighted by molar-refractivity contribution is -0.130. The lowest BCUT2D eigenvalue weighted by Crippen LogP contribution is -2.16. The maximum absolute atomic E-state index is 11.3. The van der Waals surface area contributed by atoms with Gasteiger partial charge in [-0.05, 0) is 11.1 Å². The molecule has 0 bridgehead atoms. The standard InChI is InChI=1S/C13H15NO2/c1-8-9-6-4-5-7-10(9)11(13(15)16)12(8)14(2)3/h4-8H,1-3H3,(H,15,16). The minimum atomic E-state index is -0.847. The first kappa shape index (κ1) is 10.7. The van der Waals surface area contributed by atoms with Crippen LogP contribution < -0.4 is 0 Å². The fraction of sp³-hybridized carbons (Fsp3) is 0.308. The third kappa shape index (κ3) is 1.40. The molecule has 0 radical (unpaired) electrons. The first-order chi connectivity index (χ1) is 7.54. The summed E-state index contributed by atoms with van der Waals surface area (Å²) in [6, 6.07) is 7.71. The SMILES string of the molecule is CC1C(N(C)C)=C(C(=O)O)c2ccccc21. The summed E-state index contributed by atoms with van der Waals surface area (Å²) < 4.78 is 0. The molecule has 1 N–H and O–H groups in total. The van der Waals surface area contributed by atoms with Gasteiger partial charge < -0.3 is 10.0 Å². The largest absolute Gasteiger partial charge is 0.478 e. The van der Waals surface area contributed by atoms with Gasteiger partial charge in [0.1, 0.15) is 0 Å². The van der Waals surface area contributed by atoms with Crippen molar-refractivity contribution in [3.05, 3.63) is 41.1 Å². The Balaban J connectivity index is 2.67. The second-order valence-corrected chi connectivity index (χ2v) is 4.27. The summed E-state index contributed by atoms with van der Waals surface area (Å²) in [6.45, 7) is 2.05. The molecule has 0 aliphatic heterocycles. The molecule has 0 heterocycles. The number of carbonyl (C=O) groups is 1. The van der Waals surface area contributed by atoms with E-state index in [1.165, 1.54) is 0 Å². The summed E-state index contributed by atoms with van der Waals surface area (Å²) in [5, 5.41) is 9.31. The molecule has 0 saturated heterocycles. The number of carboxylic acid groups (broad SMARTS) is 1. The molecule has 2 rings (SSSR count). The molecule has 1 atom stereocenters. The molecule has 0 spiro atoms. The molecular weight excluding hydrogens is 202 g/mol. The van der Waals surface area contributed by atoms with Crippen molar-refractivity contribution in [2.75, 3.05) is 14.1 Å². The van der Waals surface area contributed by atoms with Crippen molar-refractivity contribution in [1.29, 1.82) is 0 Å².